The fraction of sp³-hybridized carbons (Fsp3) is 0.619. The highest BCUT2D eigenvalue weighted by Crippen LogP contribution is 2.37. The van der Waals surface area contributed by atoms with Crippen LogP contribution in [-0.2, 0) is 9.59 Å². The highest BCUT2D eigenvalue weighted by molar-refractivity contribution is 5.97. The van der Waals surface area contributed by atoms with E-state index in [-0.39, 0.29) is 53.9 Å². The SMILES string of the molecule is CC(C)C[C@H]1[C@@H](C(=O)NC2CC2)C[C@H]2CN(C(=O)c3ccc(=O)[nH]c3)CC(=O)N21. The largest absolute Gasteiger partial charge is 0.353 e. The monoisotopic (exact) mass is 400 g/mol. The Morgan fingerprint density at radius 1 is 1.24 bits per heavy atom. The van der Waals surface area contributed by atoms with Gasteiger partial charge in [-0.2, -0.15) is 0 Å². The molecule has 1 aromatic rings. The van der Waals surface area contributed by atoms with E-state index in [0.717, 1.165) is 19.3 Å². The predicted molar refractivity (Wildman–Crippen MR) is 106 cm³/mol. The van der Waals surface area contributed by atoms with Crippen LogP contribution in [0.25, 0.3) is 0 Å². The molecule has 0 bridgehead atoms. The first-order valence-corrected chi connectivity index (χ1v) is 10.4. The minimum Gasteiger partial charge on any atom is -0.353 e. The van der Waals surface area contributed by atoms with Crippen molar-refractivity contribution in [3.05, 3.63) is 34.2 Å². The zero-order chi connectivity index (χ0) is 20.7. The third-order valence-electron chi connectivity index (χ3n) is 6.08. The summed E-state index contributed by atoms with van der Waals surface area (Å²) in [6.45, 7) is 4.61. The molecule has 0 spiro atoms. The molecule has 4 rings (SSSR count). The van der Waals surface area contributed by atoms with Crippen molar-refractivity contribution in [2.24, 2.45) is 11.8 Å². The van der Waals surface area contributed by atoms with Gasteiger partial charge in [-0.25, -0.2) is 0 Å². The van der Waals surface area contributed by atoms with Crippen LogP contribution in [0.5, 0.6) is 0 Å². The summed E-state index contributed by atoms with van der Waals surface area (Å²) in [5, 5.41) is 3.10. The summed E-state index contributed by atoms with van der Waals surface area (Å²) in [7, 11) is 0. The van der Waals surface area contributed by atoms with Crippen LogP contribution in [0.2, 0.25) is 0 Å². The molecule has 2 saturated heterocycles. The van der Waals surface area contributed by atoms with Crippen LogP contribution < -0.4 is 10.9 Å². The molecule has 3 heterocycles. The van der Waals surface area contributed by atoms with Crippen LogP contribution in [0.15, 0.2) is 23.1 Å². The number of amides is 3. The third-order valence-corrected chi connectivity index (χ3v) is 6.08. The zero-order valence-electron chi connectivity index (χ0n) is 16.9. The van der Waals surface area contributed by atoms with Crippen LogP contribution in [0, 0.1) is 11.8 Å². The van der Waals surface area contributed by atoms with Crippen LogP contribution in [0.1, 0.15) is 49.9 Å². The Hall–Kier alpha value is -2.64. The van der Waals surface area contributed by atoms with Gasteiger partial charge in [0, 0.05) is 30.9 Å². The summed E-state index contributed by atoms with van der Waals surface area (Å²) in [5.74, 6) is -0.204. The maximum atomic E-state index is 13.0. The molecular weight excluding hydrogens is 372 g/mol. The van der Waals surface area contributed by atoms with Crippen molar-refractivity contribution in [2.45, 2.75) is 57.7 Å². The lowest BCUT2D eigenvalue weighted by atomic mass is 9.91. The fourth-order valence-corrected chi connectivity index (χ4v) is 4.60. The number of hydrogen-bond acceptors (Lipinski definition) is 4. The van der Waals surface area contributed by atoms with E-state index in [2.05, 4.69) is 24.1 Å². The molecule has 29 heavy (non-hydrogen) atoms. The summed E-state index contributed by atoms with van der Waals surface area (Å²) < 4.78 is 0. The number of pyridine rings is 1. The van der Waals surface area contributed by atoms with E-state index in [0.29, 0.717) is 24.4 Å². The molecule has 8 heteroatoms. The Kier molecular flexibility index (Phi) is 5.19. The Bertz CT molecular complexity index is 855. The maximum Gasteiger partial charge on any atom is 0.255 e. The minimum atomic E-state index is -0.278. The van der Waals surface area contributed by atoms with Gasteiger partial charge in [-0.1, -0.05) is 13.8 Å². The average molecular weight is 400 g/mol. The van der Waals surface area contributed by atoms with Gasteiger partial charge in [0.2, 0.25) is 17.4 Å². The average Bonchev–Trinajstić information content (AvgIpc) is 3.41. The van der Waals surface area contributed by atoms with Gasteiger partial charge in [0.05, 0.1) is 17.5 Å². The standard InChI is InChI=1S/C21H28N4O4/c1-12(2)7-17-16(20(28)23-14-4-5-14)8-15-10-24(11-19(27)25(15)17)21(29)13-3-6-18(26)22-9-13/h3,6,9,12,14-17H,4-5,7-8,10-11H2,1-2H3,(H,22,26)(H,23,28)/t15-,16-,17-/m0/s1. The second kappa shape index (κ2) is 7.65. The second-order valence-corrected chi connectivity index (χ2v) is 8.90. The molecule has 1 aromatic heterocycles. The van der Waals surface area contributed by atoms with E-state index in [9.17, 15) is 19.2 Å². The van der Waals surface area contributed by atoms with E-state index in [1.54, 1.807) is 0 Å². The number of carbonyl (C=O) groups is 3. The van der Waals surface area contributed by atoms with Gasteiger partial charge in [0.1, 0.15) is 6.54 Å². The first kappa shape index (κ1) is 19.7. The Balaban J connectivity index is 1.52. The Labute approximate surface area is 169 Å². The fourth-order valence-electron chi connectivity index (χ4n) is 4.60. The van der Waals surface area contributed by atoms with E-state index < -0.39 is 0 Å². The lowest BCUT2D eigenvalue weighted by Crippen LogP contribution is -2.58. The molecule has 156 valence electrons. The number of rotatable bonds is 5. The topological polar surface area (TPSA) is 103 Å². The second-order valence-electron chi connectivity index (χ2n) is 8.90. The first-order chi connectivity index (χ1) is 13.8. The molecule has 2 aliphatic heterocycles. The minimum absolute atomic E-state index is 0.0000189. The number of nitrogens with zero attached hydrogens (tertiary/aromatic N) is 2. The van der Waals surface area contributed by atoms with E-state index in [4.69, 9.17) is 0 Å². The summed E-state index contributed by atoms with van der Waals surface area (Å²) >= 11 is 0. The molecule has 0 unspecified atom stereocenters. The molecular formula is C21H28N4O4. The highest BCUT2D eigenvalue weighted by atomic mass is 16.2. The number of aromatic nitrogens is 1. The van der Waals surface area contributed by atoms with Crippen molar-refractivity contribution in [2.75, 3.05) is 13.1 Å². The van der Waals surface area contributed by atoms with E-state index in [1.807, 2.05) is 4.90 Å². The third kappa shape index (κ3) is 4.06. The lowest BCUT2D eigenvalue weighted by molar-refractivity contribution is -0.140. The molecule has 3 fully saturated rings. The number of piperazine rings is 1. The van der Waals surface area contributed by atoms with Gasteiger partial charge in [-0.05, 0) is 37.7 Å². The molecule has 3 aliphatic rings. The van der Waals surface area contributed by atoms with Gasteiger partial charge in [0.25, 0.3) is 5.91 Å². The number of carbonyl (C=O) groups excluding carboxylic acids is 3. The van der Waals surface area contributed by atoms with E-state index in [1.165, 1.54) is 23.2 Å². The molecule has 1 aliphatic carbocycles. The van der Waals surface area contributed by atoms with Gasteiger partial charge in [-0.15, -0.1) is 0 Å². The van der Waals surface area contributed by atoms with Gasteiger partial charge in [-0.3, -0.25) is 19.2 Å². The number of hydrogen-bond donors (Lipinski definition) is 2. The van der Waals surface area contributed by atoms with E-state index >= 15 is 0 Å². The normalized spacial score (nSPS) is 26.6. The summed E-state index contributed by atoms with van der Waals surface area (Å²) in [6.07, 6.45) is 4.79. The number of H-pyrrole nitrogens is 1. The first-order valence-electron chi connectivity index (χ1n) is 10.4. The Morgan fingerprint density at radius 2 is 2.00 bits per heavy atom. The predicted octanol–water partition coefficient (Wildman–Crippen LogP) is 0.741. The molecule has 3 amide bonds. The van der Waals surface area contributed by atoms with Gasteiger partial charge < -0.3 is 20.1 Å². The lowest BCUT2D eigenvalue weighted by Gasteiger charge is -2.40. The summed E-state index contributed by atoms with van der Waals surface area (Å²) in [5.41, 5.74) is 0.0740. The molecule has 0 aromatic carbocycles. The highest BCUT2D eigenvalue weighted by Gasteiger charge is 2.50. The molecule has 0 radical (unpaired) electrons. The van der Waals surface area contributed by atoms with Crippen LogP contribution in [0.3, 0.4) is 0 Å². The molecule has 1 saturated carbocycles. The van der Waals surface area contributed by atoms with Crippen molar-refractivity contribution < 1.29 is 14.4 Å². The summed E-state index contributed by atoms with van der Waals surface area (Å²) in [4.78, 5) is 55.8. The summed E-state index contributed by atoms with van der Waals surface area (Å²) in [6, 6.07) is 2.80. The van der Waals surface area contributed by atoms with Crippen molar-refractivity contribution in [3.63, 3.8) is 0 Å². The Morgan fingerprint density at radius 3 is 2.62 bits per heavy atom. The van der Waals surface area contributed by atoms with Gasteiger partial charge >= 0.3 is 0 Å². The van der Waals surface area contributed by atoms with Crippen LogP contribution >= 0.6 is 0 Å². The smallest absolute Gasteiger partial charge is 0.255 e. The molecule has 8 nitrogen and oxygen atoms in total. The van der Waals surface area contributed by atoms with Crippen molar-refractivity contribution in [1.29, 1.82) is 0 Å². The van der Waals surface area contributed by atoms with Crippen molar-refractivity contribution in [1.82, 2.24) is 20.1 Å². The number of nitrogens with one attached hydrogen (secondary N) is 2. The van der Waals surface area contributed by atoms with Gasteiger partial charge in [0.15, 0.2) is 0 Å². The van der Waals surface area contributed by atoms with Crippen LogP contribution in [-0.4, -0.2) is 63.7 Å². The quantitative estimate of drug-likeness (QED) is 0.761. The molecule has 2 N–H and O–H groups in total. The maximum absolute atomic E-state index is 13.0. The van der Waals surface area contributed by atoms with Crippen molar-refractivity contribution >= 4 is 17.7 Å². The van der Waals surface area contributed by atoms with Crippen molar-refractivity contribution in [3.8, 4) is 0 Å². The zero-order valence-corrected chi connectivity index (χ0v) is 16.9. The number of aromatic amines is 1. The van der Waals surface area contributed by atoms with Crippen LogP contribution in [0.4, 0.5) is 0 Å². The molecule has 3 atom stereocenters. The number of fused-ring (bicyclic) bond motifs is 1.